The minimum atomic E-state index is -5.11. The highest BCUT2D eigenvalue weighted by atomic mass is 31.2. The molecule has 0 spiro atoms. The first-order valence-electron chi connectivity index (χ1n) is 19.8. The molecule has 13 nitrogen and oxygen atoms in total. The van der Waals surface area contributed by atoms with Crippen LogP contribution in [0.15, 0.2) is 36.5 Å². The molecule has 0 aromatic carbocycles. The molecule has 308 valence electrons. The largest absolute Gasteiger partial charge is 0.472 e. The Labute approximate surface area is 317 Å². The van der Waals surface area contributed by atoms with Gasteiger partial charge in [0.15, 0.2) is 6.10 Å². The summed E-state index contributed by atoms with van der Waals surface area (Å²) in [6, 6.07) is 0. The van der Waals surface area contributed by atoms with Gasteiger partial charge in [-0.25, -0.2) is 4.57 Å². The van der Waals surface area contributed by atoms with Crippen molar-refractivity contribution in [3.63, 3.8) is 0 Å². The van der Waals surface area contributed by atoms with Crippen molar-refractivity contribution in [2.24, 2.45) is 0 Å². The topological polar surface area (TPSA) is 210 Å². The van der Waals surface area contributed by atoms with Crippen molar-refractivity contribution in [3.8, 4) is 0 Å². The number of unbranched alkanes of at least 4 members (excludes halogenated alkanes) is 13. The summed E-state index contributed by atoms with van der Waals surface area (Å²) < 4.78 is 33.2. The maximum atomic E-state index is 12.7. The van der Waals surface area contributed by atoms with Crippen LogP contribution < -0.4 is 0 Å². The first-order valence-corrected chi connectivity index (χ1v) is 21.3. The summed E-state index contributed by atoms with van der Waals surface area (Å²) in [5.41, 5.74) is 0. The molecule has 0 amide bonds. The molecule has 1 rings (SSSR count). The van der Waals surface area contributed by atoms with Gasteiger partial charge < -0.3 is 39.9 Å². The van der Waals surface area contributed by atoms with Gasteiger partial charge in [0.1, 0.15) is 43.2 Å². The predicted molar refractivity (Wildman–Crippen MR) is 203 cm³/mol. The predicted octanol–water partition coefficient (Wildman–Crippen LogP) is 6.27. The summed E-state index contributed by atoms with van der Waals surface area (Å²) in [5, 5.41) is 49.8. The Balaban J connectivity index is 2.51. The van der Waals surface area contributed by atoms with Crippen molar-refractivity contribution in [2.45, 2.75) is 185 Å². The van der Waals surface area contributed by atoms with Crippen molar-refractivity contribution in [1.29, 1.82) is 0 Å². The van der Waals surface area contributed by atoms with Gasteiger partial charge in [-0.1, -0.05) is 121 Å². The molecule has 0 bridgehead atoms. The lowest BCUT2D eigenvalue weighted by Crippen LogP contribution is -2.64. The molecule has 1 aliphatic carbocycles. The second-order valence-corrected chi connectivity index (χ2v) is 15.2. The van der Waals surface area contributed by atoms with Crippen LogP contribution in [0.5, 0.6) is 0 Å². The first-order chi connectivity index (χ1) is 25.4. The summed E-state index contributed by atoms with van der Waals surface area (Å²) in [6.45, 7) is 3.15. The Morgan fingerprint density at radius 3 is 1.60 bits per heavy atom. The van der Waals surface area contributed by atoms with Crippen LogP contribution >= 0.6 is 7.82 Å². The number of hydrogen-bond acceptors (Lipinski definition) is 12. The van der Waals surface area contributed by atoms with Crippen molar-refractivity contribution in [1.82, 2.24) is 0 Å². The smallest absolute Gasteiger partial charge is 0.462 e. The summed E-state index contributed by atoms with van der Waals surface area (Å²) >= 11 is 0. The highest BCUT2D eigenvalue weighted by Crippen LogP contribution is 2.47. The van der Waals surface area contributed by atoms with E-state index in [9.17, 15) is 44.6 Å². The Bertz CT molecular complexity index is 1080. The Hall–Kier alpha value is -1.93. The fraction of sp³-hybridized carbons (Fsp3) is 0.795. The quantitative estimate of drug-likeness (QED) is 0.0199. The van der Waals surface area contributed by atoms with Crippen molar-refractivity contribution in [2.75, 3.05) is 13.2 Å². The van der Waals surface area contributed by atoms with Crippen LogP contribution in [0.1, 0.15) is 142 Å². The molecular formula is C39H69O13P. The maximum Gasteiger partial charge on any atom is 0.472 e. The Morgan fingerprint density at radius 1 is 0.585 bits per heavy atom. The number of hydrogen-bond donors (Lipinski definition) is 6. The second-order valence-electron chi connectivity index (χ2n) is 13.8. The van der Waals surface area contributed by atoms with Crippen LogP contribution in [-0.2, 0) is 32.7 Å². The van der Waals surface area contributed by atoms with Crippen LogP contribution in [0.3, 0.4) is 0 Å². The minimum absolute atomic E-state index is 0.0849. The van der Waals surface area contributed by atoms with E-state index >= 15 is 0 Å². The summed E-state index contributed by atoms with van der Waals surface area (Å²) in [4.78, 5) is 35.3. The van der Waals surface area contributed by atoms with Crippen LogP contribution in [0.25, 0.3) is 0 Å². The third kappa shape index (κ3) is 23.6. The molecule has 6 unspecified atom stereocenters. The molecule has 53 heavy (non-hydrogen) atoms. The molecule has 1 saturated carbocycles. The van der Waals surface area contributed by atoms with Gasteiger partial charge in [-0.2, -0.15) is 0 Å². The number of esters is 2. The lowest BCUT2D eigenvalue weighted by molar-refractivity contribution is -0.220. The third-order valence-corrected chi connectivity index (χ3v) is 9.97. The average molecular weight is 777 g/mol. The SMILES string of the molecule is CCCCCCCC/C=C/C/C=C/C/C=C/CCCC(=O)OC[C@@H](COP(=O)(O)OC1C(O)C(O)C(O)[C@H](O)C1O)OC(=O)CCCCCCCCC. The van der Waals surface area contributed by atoms with E-state index in [0.717, 1.165) is 57.8 Å². The van der Waals surface area contributed by atoms with E-state index in [-0.39, 0.29) is 12.8 Å². The zero-order valence-corrected chi connectivity index (χ0v) is 32.9. The Morgan fingerprint density at radius 2 is 1.04 bits per heavy atom. The van der Waals surface area contributed by atoms with Gasteiger partial charge in [0.2, 0.25) is 0 Å². The maximum absolute atomic E-state index is 12.7. The molecule has 1 aliphatic rings. The van der Waals surface area contributed by atoms with Gasteiger partial charge in [0.05, 0.1) is 6.61 Å². The molecule has 0 radical (unpaired) electrons. The van der Waals surface area contributed by atoms with Crippen LogP contribution in [0, 0.1) is 0 Å². The van der Waals surface area contributed by atoms with Crippen molar-refractivity contribution < 1.29 is 63.1 Å². The van der Waals surface area contributed by atoms with Gasteiger partial charge >= 0.3 is 19.8 Å². The van der Waals surface area contributed by atoms with Crippen LogP contribution in [-0.4, -0.2) is 98.3 Å². The molecule has 1 fully saturated rings. The number of ether oxygens (including phenoxy) is 2. The molecule has 8 atom stereocenters. The van der Waals surface area contributed by atoms with E-state index in [4.69, 9.17) is 18.5 Å². The normalized spacial score (nSPS) is 23.8. The van der Waals surface area contributed by atoms with E-state index in [2.05, 4.69) is 38.2 Å². The van der Waals surface area contributed by atoms with Gasteiger partial charge in [-0.05, 0) is 44.9 Å². The highest BCUT2D eigenvalue weighted by Gasteiger charge is 2.51. The first kappa shape index (κ1) is 49.1. The summed E-state index contributed by atoms with van der Waals surface area (Å²) in [5.74, 6) is -1.17. The van der Waals surface area contributed by atoms with E-state index in [1.807, 2.05) is 12.2 Å². The molecule has 0 aromatic rings. The van der Waals surface area contributed by atoms with Crippen LogP contribution in [0.2, 0.25) is 0 Å². The number of phosphoric acid groups is 1. The molecule has 0 aliphatic heterocycles. The van der Waals surface area contributed by atoms with E-state index in [0.29, 0.717) is 19.3 Å². The number of aliphatic hydroxyl groups excluding tert-OH is 5. The zero-order chi connectivity index (χ0) is 39.3. The number of carbonyl (C=O) groups excluding carboxylic acids is 2. The lowest BCUT2D eigenvalue weighted by atomic mass is 9.85. The highest BCUT2D eigenvalue weighted by molar-refractivity contribution is 7.47. The fourth-order valence-corrected chi connectivity index (χ4v) is 6.69. The standard InChI is InChI=1S/C39H69O13P/c1-3-5-7-9-11-12-13-14-15-16-17-18-19-20-22-23-25-27-32(40)49-29-31(51-33(41)28-26-24-21-10-8-6-4-2)30-50-53(47,48)52-39-37(45)35(43)34(42)36(44)38(39)46/h14-15,17-18,20,22,31,34-39,42-46H,3-13,16,19,21,23-30H2,1-2H3,(H,47,48)/b15-14+,18-17+,22-20+/t31-,34?,35-,36?,37?,38?,39?/m0/s1. The van der Waals surface area contributed by atoms with Crippen molar-refractivity contribution in [3.05, 3.63) is 36.5 Å². The van der Waals surface area contributed by atoms with E-state index in [1.165, 1.54) is 38.5 Å². The zero-order valence-electron chi connectivity index (χ0n) is 32.1. The molecule has 0 aromatic heterocycles. The number of carbonyl (C=O) groups is 2. The number of aliphatic hydroxyl groups is 5. The molecule has 6 N–H and O–H groups in total. The molecular weight excluding hydrogens is 707 g/mol. The van der Waals surface area contributed by atoms with Crippen LogP contribution in [0.4, 0.5) is 0 Å². The average Bonchev–Trinajstić information content (AvgIpc) is 3.13. The van der Waals surface area contributed by atoms with Gasteiger partial charge in [-0.3, -0.25) is 18.6 Å². The summed E-state index contributed by atoms with van der Waals surface area (Å²) in [6.07, 6.45) is 18.3. The summed E-state index contributed by atoms with van der Waals surface area (Å²) in [7, 11) is -5.11. The minimum Gasteiger partial charge on any atom is -0.462 e. The monoisotopic (exact) mass is 776 g/mol. The van der Waals surface area contributed by atoms with Gasteiger partial charge in [-0.15, -0.1) is 0 Å². The van der Waals surface area contributed by atoms with E-state index < -0.39 is 75.7 Å². The lowest BCUT2D eigenvalue weighted by Gasteiger charge is -2.41. The number of allylic oxidation sites excluding steroid dienone is 6. The number of rotatable bonds is 31. The third-order valence-electron chi connectivity index (χ3n) is 8.98. The molecule has 14 heteroatoms. The van der Waals surface area contributed by atoms with Crippen molar-refractivity contribution >= 4 is 19.8 Å². The van der Waals surface area contributed by atoms with Gasteiger partial charge in [0, 0.05) is 12.8 Å². The fourth-order valence-electron chi connectivity index (χ4n) is 5.71. The second kappa shape index (κ2) is 30.3. The molecule has 0 heterocycles. The van der Waals surface area contributed by atoms with Gasteiger partial charge in [0.25, 0.3) is 0 Å². The molecule has 0 saturated heterocycles. The van der Waals surface area contributed by atoms with E-state index in [1.54, 1.807) is 0 Å². The Kier molecular flexibility index (Phi) is 28.1. The number of phosphoric ester groups is 1.